The largest absolute Gasteiger partial charge is 0.370 e. The van der Waals surface area contributed by atoms with Gasteiger partial charge in [-0.25, -0.2) is 4.68 Å². The molecule has 3 N–H and O–H groups in total. The molecule has 2 heterocycles. The highest BCUT2D eigenvalue weighted by molar-refractivity contribution is 5.34. The summed E-state index contributed by atoms with van der Waals surface area (Å²) in [6.07, 6.45) is 2.97. The van der Waals surface area contributed by atoms with Gasteiger partial charge in [0.2, 0.25) is 0 Å². The van der Waals surface area contributed by atoms with E-state index in [0.29, 0.717) is 6.04 Å². The third kappa shape index (κ3) is 3.83. The Balaban J connectivity index is 1.32. The Kier molecular flexibility index (Phi) is 4.86. The summed E-state index contributed by atoms with van der Waals surface area (Å²) in [6, 6.07) is 13.1. The van der Waals surface area contributed by atoms with Crippen molar-refractivity contribution >= 4 is 5.82 Å². The Morgan fingerprint density at radius 3 is 2.76 bits per heavy atom. The first-order valence-electron chi connectivity index (χ1n) is 7.66. The molecule has 5 nitrogen and oxygen atoms in total. The Bertz CT molecular complexity index is 533. The fraction of sp³-hybridized carbons (Fsp3) is 0.438. The topological polar surface area (TPSA) is 53.9 Å². The summed E-state index contributed by atoms with van der Waals surface area (Å²) < 4.78 is 2.09. The van der Waals surface area contributed by atoms with Gasteiger partial charge < -0.3 is 16.0 Å². The van der Waals surface area contributed by atoms with E-state index in [1.54, 1.807) is 0 Å². The van der Waals surface area contributed by atoms with Crippen LogP contribution in [0.1, 0.15) is 18.0 Å². The number of anilines is 1. The molecule has 3 rings (SSSR count). The lowest BCUT2D eigenvalue weighted by atomic mass is 10.2. The molecule has 0 saturated carbocycles. The van der Waals surface area contributed by atoms with Gasteiger partial charge in [-0.05, 0) is 18.5 Å². The second-order valence-electron chi connectivity index (χ2n) is 5.42. The number of hydrogen-bond acceptors (Lipinski definition) is 4. The van der Waals surface area contributed by atoms with E-state index < -0.39 is 0 Å². The highest BCUT2D eigenvalue weighted by Gasteiger charge is 2.21. The van der Waals surface area contributed by atoms with Crippen LogP contribution in [0.2, 0.25) is 0 Å². The van der Waals surface area contributed by atoms with Crippen LogP contribution in [0.4, 0.5) is 5.82 Å². The number of benzene rings is 1. The van der Waals surface area contributed by atoms with E-state index in [1.165, 1.54) is 5.56 Å². The van der Waals surface area contributed by atoms with Crippen molar-refractivity contribution < 1.29 is 0 Å². The molecule has 0 atom stereocenters. The van der Waals surface area contributed by atoms with Crippen molar-refractivity contribution in [3.8, 4) is 0 Å². The molecule has 112 valence electrons. The van der Waals surface area contributed by atoms with Crippen LogP contribution in [0.5, 0.6) is 0 Å². The zero-order chi connectivity index (χ0) is 14.3. The van der Waals surface area contributed by atoms with Gasteiger partial charge >= 0.3 is 0 Å². The number of rotatable bonds is 8. The predicted molar refractivity (Wildman–Crippen MR) is 85.4 cm³/mol. The minimum absolute atomic E-state index is 0.513. The van der Waals surface area contributed by atoms with Gasteiger partial charge in [0.25, 0.3) is 0 Å². The average molecular weight is 285 g/mol. The van der Waals surface area contributed by atoms with Crippen LogP contribution in [0.3, 0.4) is 0 Å². The first-order valence-corrected chi connectivity index (χ1v) is 7.66. The highest BCUT2D eigenvalue weighted by Crippen LogP contribution is 2.17. The van der Waals surface area contributed by atoms with Gasteiger partial charge in [-0.3, -0.25) is 0 Å². The van der Waals surface area contributed by atoms with E-state index in [-0.39, 0.29) is 0 Å². The molecular formula is C16H23N5. The fourth-order valence-corrected chi connectivity index (χ4v) is 2.45. The van der Waals surface area contributed by atoms with Gasteiger partial charge in [0, 0.05) is 32.2 Å². The lowest BCUT2D eigenvalue weighted by molar-refractivity contribution is 0.321. The third-order valence-corrected chi connectivity index (χ3v) is 3.78. The predicted octanol–water partition coefficient (Wildman–Crippen LogP) is 1.62. The fourth-order valence-electron chi connectivity index (χ4n) is 2.45. The molecule has 1 aromatic carbocycles. The summed E-state index contributed by atoms with van der Waals surface area (Å²) >= 11 is 0. The van der Waals surface area contributed by atoms with Gasteiger partial charge in [0.1, 0.15) is 5.82 Å². The minimum atomic E-state index is 0.513. The normalized spacial score (nSPS) is 14.9. The summed E-state index contributed by atoms with van der Waals surface area (Å²) in [4.78, 5) is 0. The van der Waals surface area contributed by atoms with Crippen LogP contribution >= 0.6 is 0 Å². The summed E-state index contributed by atoms with van der Waals surface area (Å²) in [5, 5.41) is 14.6. The van der Waals surface area contributed by atoms with E-state index in [1.807, 2.05) is 12.3 Å². The van der Waals surface area contributed by atoms with E-state index in [0.717, 1.165) is 45.0 Å². The highest BCUT2D eigenvalue weighted by atomic mass is 15.4. The minimum Gasteiger partial charge on any atom is -0.370 e. The molecule has 1 fully saturated rings. The molecule has 1 aliphatic heterocycles. The zero-order valence-corrected chi connectivity index (χ0v) is 12.3. The first-order chi connectivity index (χ1) is 10.4. The molecule has 1 saturated heterocycles. The average Bonchev–Trinajstić information content (AvgIpc) is 2.90. The maximum absolute atomic E-state index is 4.39. The molecule has 0 amide bonds. The Morgan fingerprint density at radius 1 is 1.14 bits per heavy atom. The van der Waals surface area contributed by atoms with E-state index in [9.17, 15) is 0 Å². The van der Waals surface area contributed by atoms with E-state index in [2.05, 4.69) is 56.1 Å². The molecule has 5 heteroatoms. The smallest absolute Gasteiger partial charge is 0.124 e. The van der Waals surface area contributed by atoms with Crippen molar-refractivity contribution in [3.05, 3.63) is 48.2 Å². The molecule has 0 bridgehead atoms. The first kappa shape index (κ1) is 14.1. The second-order valence-corrected chi connectivity index (χ2v) is 5.42. The Morgan fingerprint density at radius 2 is 2.00 bits per heavy atom. The lowest BCUT2D eigenvalue weighted by Gasteiger charge is -2.28. The van der Waals surface area contributed by atoms with Crippen LogP contribution in [0, 0.1) is 0 Å². The Hall–Kier alpha value is -1.85. The van der Waals surface area contributed by atoms with Crippen molar-refractivity contribution in [1.82, 2.24) is 20.4 Å². The van der Waals surface area contributed by atoms with Crippen LogP contribution < -0.4 is 16.0 Å². The van der Waals surface area contributed by atoms with Gasteiger partial charge in [0.05, 0.1) is 12.2 Å². The molecule has 2 aromatic rings. The molecule has 1 aliphatic rings. The maximum Gasteiger partial charge on any atom is 0.124 e. The van der Waals surface area contributed by atoms with E-state index in [4.69, 9.17) is 0 Å². The summed E-state index contributed by atoms with van der Waals surface area (Å²) in [5.74, 6) is 1.13. The summed E-state index contributed by atoms with van der Waals surface area (Å²) in [6.45, 7) is 4.96. The van der Waals surface area contributed by atoms with Crippen LogP contribution in [0.25, 0.3) is 0 Å². The van der Waals surface area contributed by atoms with Gasteiger partial charge in [-0.15, -0.1) is 0 Å². The monoisotopic (exact) mass is 285 g/mol. The number of aromatic nitrogens is 2. The molecule has 0 unspecified atom stereocenters. The second kappa shape index (κ2) is 7.24. The van der Waals surface area contributed by atoms with Crippen molar-refractivity contribution in [2.75, 3.05) is 31.5 Å². The molecule has 0 aliphatic carbocycles. The summed E-state index contributed by atoms with van der Waals surface area (Å²) in [7, 11) is 0. The Labute approximate surface area is 125 Å². The van der Waals surface area contributed by atoms with Crippen molar-refractivity contribution in [3.63, 3.8) is 0 Å². The standard InChI is InChI=1S/C16H23N5/c1-2-5-14(6-3-1)11-17-8-4-9-19-16-7-10-20-21(16)15-12-18-13-15/h1-3,5-7,10,15,17-19H,4,8-9,11-13H2. The molecular weight excluding hydrogens is 262 g/mol. The number of hydrogen-bond donors (Lipinski definition) is 3. The zero-order valence-electron chi connectivity index (χ0n) is 12.3. The van der Waals surface area contributed by atoms with Gasteiger partial charge in [-0.2, -0.15) is 5.10 Å². The SMILES string of the molecule is c1ccc(CNCCCNc2ccnn2C2CNC2)cc1. The van der Waals surface area contributed by atoms with Crippen LogP contribution in [-0.4, -0.2) is 36.0 Å². The van der Waals surface area contributed by atoms with Crippen LogP contribution in [0.15, 0.2) is 42.6 Å². The molecule has 21 heavy (non-hydrogen) atoms. The maximum atomic E-state index is 4.39. The third-order valence-electron chi connectivity index (χ3n) is 3.78. The summed E-state index contributed by atoms with van der Waals surface area (Å²) in [5.41, 5.74) is 1.33. The van der Waals surface area contributed by atoms with E-state index >= 15 is 0 Å². The van der Waals surface area contributed by atoms with Crippen molar-refractivity contribution in [1.29, 1.82) is 0 Å². The van der Waals surface area contributed by atoms with Crippen molar-refractivity contribution in [2.45, 2.75) is 19.0 Å². The van der Waals surface area contributed by atoms with Gasteiger partial charge in [0.15, 0.2) is 0 Å². The number of nitrogens with one attached hydrogen (secondary N) is 3. The molecule has 0 spiro atoms. The van der Waals surface area contributed by atoms with Gasteiger partial charge in [-0.1, -0.05) is 30.3 Å². The van der Waals surface area contributed by atoms with Crippen LogP contribution in [-0.2, 0) is 6.54 Å². The molecule has 0 radical (unpaired) electrons. The van der Waals surface area contributed by atoms with Crippen molar-refractivity contribution in [2.24, 2.45) is 0 Å². The lowest BCUT2D eigenvalue weighted by Crippen LogP contribution is -2.44. The molecule has 1 aromatic heterocycles. The number of nitrogens with zero attached hydrogens (tertiary/aromatic N) is 2. The quantitative estimate of drug-likeness (QED) is 0.645.